The smallest absolute Gasteiger partial charge is 0.0844 e. The van der Waals surface area contributed by atoms with Crippen molar-refractivity contribution in [3.8, 4) is 0 Å². The third-order valence-corrected chi connectivity index (χ3v) is 3.34. The number of rotatable bonds is 6. The number of unbranched alkanes of at least 4 members (excludes halogenated alkanes) is 1. The Morgan fingerprint density at radius 1 is 1.41 bits per heavy atom. The van der Waals surface area contributed by atoms with Crippen LogP contribution in [0.2, 0.25) is 5.02 Å². The highest BCUT2D eigenvalue weighted by Crippen LogP contribution is 2.32. The monoisotopic (exact) mass is 255 g/mol. The molecule has 0 aromatic carbocycles. The molecule has 1 aromatic heterocycles. The van der Waals surface area contributed by atoms with Gasteiger partial charge in [0.25, 0.3) is 0 Å². The second-order valence-electron chi connectivity index (χ2n) is 4.36. The van der Waals surface area contributed by atoms with E-state index in [9.17, 15) is 0 Å². The molecule has 96 valence electrons. The Bertz CT molecular complexity index is 334. The van der Waals surface area contributed by atoms with E-state index in [1.54, 1.807) is 12.4 Å². The van der Waals surface area contributed by atoms with Crippen molar-refractivity contribution in [2.24, 2.45) is 0 Å². The van der Waals surface area contributed by atoms with Crippen molar-refractivity contribution in [1.29, 1.82) is 0 Å². The van der Waals surface area contributed by atoms with Gasteiger partial charge in [0.15, 0.2) is 0 Å². The van der Waals surface area contributed by atoms with Crippen molar-refractivity contribution in [3.63, 3.8) is 0 Å². The number of halogens is 1. The van der Waals surface area contributed by atoms with E-state index in [4.69, 9.17) is 17.3 Å². The first-order valence-corrected chi connectivity index (χ1v) is 6.65. The molecule has 17 heavy (non-hydrogen) atoms. The minimum absolute atomic E-state index is 0.434. The summed E-state index contributed by atoms with van der Waals surface area (Å²) in [5.74, 6) is 0. The molecule has 1 atom stereocenters. The number of hydrogen-bond acceptors (Lipinski definition) is 3. The van der Waals surface area contributed by atoms with Crippen LogP contribution in [0.15, 0.2) is 12.4 Å². The van der Waals surface area contributed by atoms with Crippen molar-refractivity contribution < 1.29 is 0 Å². The molecule has 1 rings (SSSR count). The van der Waals surface area contributed by atoms with Crippen LogP contribution in [0.1, 0.15) is 40.0 Å². The lowest BCUT2D eigenvalue weighted by Crippen LogP contribution is -2.34. The van der Waals surface area contributed by atoms with Crippen LogP contribution in [0.25, 0.3) is 0 Å². The first kappa shape index (κ1) is 14.1. The summed E-state index contributed by atoms with van der Waals surface area (Å²) in [4.78, 5) is 6.30. The van der Waals surface area contributed by atoms with E-state index in [1.807, 2.05) is 0 Å². The summed E-state index contributed by atoms with van der Waals surface area (Å²) in [7, 11) is 0. The van der Waals surface area contributed by atoms with Crippen molar-refractivity contribution >= 4 is 23.0 Å². The maximum Gasteiger partial charge on any atom is 0.0844 e. The number of pyridine rings is 1. The lowest BCUT2D eigenvalue weighted by molar-refractivity contribution is 0.596. The fourth-order valence-corrected chi connectivity index (χ4v) is 2.12. The van der Waals surface area contributed by atoms with Gasteiger partial charge in [-0.2, -0.15) is 0 Å². The summed E-state index contributed by atoms with van der Waals surface area (Å²) in [6, 6.07) is 0.434. The van der Waals surface area contributed by atoms with Gasteiger partial charge in [-0.3, -0.25) is 4.98 Å². The fraction of sp³-hybridized carbons (Fsp3) is 0.615. The van der Waals surface area contributed by atoms with Gasteiger partial charge in [0, 0.05) is 18.8 Å². The maximum atomic E-state index is 6.22. The molecule has 0 spiro atoms. The number of nitrogens with two attached hydrogens (primary N) is 1. The largest absolute Gasteiger partial charge is 0.396 e. The maximum absolute atomic E-state index is 6.22. The molecule has 0 aliphatic rings. The molecule has 4 heteroatoms. The van der Waals surface area contributed by atoms with Gasteiger partial charge >= 0.3 is 0 Å². The van der Waals surface area contributed by atoms with Crippen LogP contribution in [0.4, 0.5) is 11.4 Å². The molecule has 0 aliphatic heterocycles. The van der Waals surface area contributed by atoms with Crippen LogP contribution in [-0.4, -0.2) is 17.6 Å². The van der Waals surface area contributed by atoms with Gasteiger partial charge in [0.2, 0.25) is 0 Å². The average Bonchev–Trinajstić information content (AvgIpc) is 2.32. The highest BCUT2D eigenvalue weighted by Gasteiger charge is 2.18. The van der Waals surface area contributed by atoms with Gasteiger partial charge in [-0.05, 0) is 19.8 Å². The van der Waals surface area contributed by atoms with E-state index in [1.165, 1.54) is 0 Å². The van der Waals surface area contributed by atoms with Crippen LogP contribution >= 0.6 is 11.6 Å². The first-order valence-electron chi connectivity index (χ1n) is 6.27. The second-order valence-corrected chi connectivity index (χ2v) is 4.77. The van der Waals surface area contributed by atoms with Gasteiger partial charge in [0.1, 0.15) is 0 Å². The van der Waals surface area contributed by atoms with Crippen LogP contribution in [0, 0.1) is 0 Å². The summed E-state index contributed by atoms with van der Waals surface area (Å²) in [5, 5.41) is 0.640. The highest BCUT2D eigenvalue weighted by molar-refractivity contribution is 6.33. The van der Waals surface area contributed by atoms with E-state index in [2.05, 4.69) is 30.7 Å². The average molecular weight is 256 g/mol. The van der Waals surface area contributed by atoms with Crippen LogP contribution in [0.3, 0.4) is 0 Å². The van der Waals surface area contributed by atoms with Crippen molar-refractivity contribution in [3.05, 3.63) is 17.4 Å². The zero-order valence-electron chi connectivity index (χ0n) is 10.9. The van der Waals surface area contributed by atoms with Gasteiger partial charge in [-0.25, -0.2) is 0 Å². The number of anilines is 2. The molecule has 0 amide bonds. The summed E-state index contributed by atoms with van der Waals surface area (Å²) in [6.07, 6.45) is 6.71. The normalized spacial score (nSPS) is 12.5. The third kappa shape index (κ3) is 3.50. The number of nitrogen functional groups attached to an aromatic ring is 1. The topological polar surface area (TPSA) is 42.1 Å². The quantitative estimate of drug-likeness (QED) is 0.842. The fourth-order valence-electron chi connectivity index (χ4n) is 1.85. The van der Waals surface area contributed by atoms with E-state index in [-0.39, 0.29) is 0 Å². The third-order valence-electron chi connectivity index (χ3n) is 3.06. The number of nitrogens with zero attached hydrogens (tertiary/aromatic N) is 2. The summed E-state index contributed by atoms with van der Waals surface area (Å²) < 4.78 is 0. The number of aromatic nitrogens is 1. The number of hydrogen-bond donors (Lipinski definition) is 1. The molecule has 0 aliphatic carbocycles. The van der Waals surface area contributed by atoms with E-state index < -0.39 is 0 Å². The Labute approximate surface area is 109 Å². The Morgan fingerprint density at radius 2 is 2.12 bits per heavy atom. The highest BCUT2D eigenvalue weighted by atomic mass is 35.5. The van der Waals surface area contributed by atoms with E-state index >= 15 is 0 Å². The standard InChI is InChI=1S/C13H22ClN3/c1-4-6-7-17(10(3)5-2)13-11(14)8-16-9-12(13)15/h8-10H,4-7,15H2,1-3H3. The predicted molar refractivity (Wildman–Crippen MR) is 75.7 cm³/mol. The predicted octanol–water partition coefficient (Wildman–Crippen LogP) is 3.72. The molecule has 0 radical (unpaired) electrons. The van der Waals surface area contributed by atoms with Gasteiger partial charge in [-0.15, -0.1) is 0 Å². The Morgan fingerprint density at radius 3 is 2.65 bits per heavy atom. The molecular weight excluding hydrogens is 234 g/mol. The molecule has 0 saturated carbocycles. The van der Waals surface area contributed by atoms with Crippen molar-refractivity contribution in [2.45, 2.75) is 46.1 Å². The lowest BCUT2D eigenvalue weighted by Gasteiger charge is -2.32. The Kier molecular flexibility index (Phi) is 5.56. The van der Waals surface area contributed by atoms with Gasteiger partial charge in [0.05, 0.1) is 22.6 Å². The Balaban J connectivity index is 3.03. The summed E-state index contributed by atoms with van der Waals surface area (Å²) in [5.41, 5.74) is 7.59. The molecular formula is C13H22ClN3. The molecule has 2 N–H and O–H groups in total. The molecule has 0 saturated heterocycles. The van der Waals surface area contributed by atoms with Crippen molar-refractivity contribution in [1.82, 2.24) is 4.98 Å². The molecule has 0 fully saturated rings. The van der Waals surface area contributed by atoms with Crippen LogP contribution in [-0.2, 0) is 0 Å². The van der Waals surface area contributed by atoms with Gasteiger partial charge in [-0.1, -0.05) is 31.9 Å². The summed E-state index contributed by atoms with van der Waals surface area (Å²) >= 11 is 6.22. The zero-order valence-corrected chi connectivity index (χ0v) is 11.7. The first-order chi connectivity index (χ1) is 8.11. The molecule has 0 bridgehead atoms. The van der Waals surface area contributed by atoms with Crippen LogP contribution in [0.5, 0.6) is 0 Å². The lowest BCUT2D eigenvalue weighted by atomic mass is 10.1. The molecule has 1 unspecified atom stereocenters. The SMILES string of the molecule is CCCCN(c1c(N)cncc1Cl)C(C)CC. The van der Waals surface area contributed by atoms with E-state index in [0.29, 0.717) is 16.8 Å². The second kappa shape index (κ2) is 6.70. The Hall–Kier alpha value is -0.960. The summed E-state index contributed by atoms with van der Waals surface area (Å²) in [6.45, 7) is 7.55. The minimum Gasteiger partial charge on any atom is -0.396 e. The zero-order chi connectivity index (χ0) is 12.8. The van der Waals surface area contributed by atoms with Crippen molar-refractivity contribution in [2.75, 3.05) is 17.2 Å². The minimum atomic E-state index is 0.434. The van der Waals surface area contributed by atoms with Crippen LogP contribution < -0.4 is 10.6 Å². The van der Waals surface area contributed by atoms with Gasteiger partial charge < -0.3 is 10.6 Å². The molecule has 3 nitrogen and oxygen atoms in total. The van der Waals surface area contributed by atoms with E-state index in [0.717, 1.165) is 31.5 Å². The molecule has 1 heterocycles. The molecule has 1 aromatic rings.